The smallest absolute Gasteiger partial charge is 0.0120 e. The minimum atomic E-state index is 0.823. The molecule has 0 saturated carbocycles. The van der Waals surface area contributed by atoms with Gasteiger partial charge in [-0.3, -0.25) is 0 Å². The molecule has 0 nitrogen and oxygen atoms in total. The Morgan fingerprint density at radius 1 is 1.83 bits per heavy atom. The van der Waals surface area contributed by atoms with Gasteiger partial charge in [0.05, 0.1) is 0 Å². The minimum absolute atomic E-state index is 0.823. The normalized spacial score (nSPS) is 6.50. The zero-order valence-electron chi connectivity index (χ0n) is 3.78. The Bertz CT molecular complexity index is 64.6. The average molecular weight is 80.1 g/mol. The van der Waals surface area contributed by atoms with Crippen molar-refractivity contribution in [1.29, 1.82) is 0 Å². The van der Waals surface area contributed by atoms with Crippen LogP contribution in [0.1, 0.15) is 12.8 Å². The van der Waals surface area contributed by atoms with Crippen LogP contribution in [0.15, 0.2) is 12.7 Å². The van der Waals surface area contributed by atoms with Gasteiger partial charge in [-0.1, -0.05) is 6.08 Å². The van der Waals surface area contributed by atoms with Crippen LogP contribution >= 0.6 is 0 Å². The van der Waals surface area contributed by atoms with Crippen LogP contribution in [0.2, 0.25) is 0 Å². The van der Waals surface area contributed by atoms with Crippen LogP contribution in [0.25, 0.3) is 0 Å². The van der Waals surface area contributed by atoms with Crippen LogP contribution in [0.3, 0.4) is 0 Å². The first kappa shape index (κ1) is 5.30. The number of allylic oxidation sites excluding steroid dienone is 1. The second-order valence-electron chi connectivity index (χ2n) is 1.03. The molecular weight excluding hydrogens is 72.1 g/mol. The molecule has 0 aliphatic rings. The van der Waals surface area contributed by atoms with Crippen molar-refractivity contribution in [2.75, 3.05) is 0 Å². The monoisotopic (exact) mass is 80.1 g/mol. The molecule has 0 amide bonds. The molecule has 6 heavy (non-hydrogen) atoms. The summed E-state index contributed by atoms with van der Waals surface area (Å²) in [6, 6.07) is 0. The molecule has 0 radical (unpaired) electrons. The molecule has 0 aliphatic carbocycles. The standard InChI is InChI=1S/C6H8/c1-3-5-6-4-2/h1,4H,2,5-6H2. The maximum atomic E-state index is 4.92. The van der Waals surface area contributed by atoms with Crippen LogP contribution in [-0.4, -0.2) is 0 Å². The molecule has 0 spiro atoms. The predicted octanol–water partition coefficient (Wildman–Crippen LogP) is 1.59. The van der Waals surface area contributed by atoms with E-state index in [0.29, 0.717) is 0 Å². The molecule has 0 heteroatoms. The highest BCUT2D eigenvalue weighted by Crippen LogP contribution is 1.82. The molecule has 0 N–H and O–H groups in total. The van der Waals surface area contributed by atoms with E-state index in [2.05, 4.69) is 12.5 Å². The fourth-order valence-electron chi connectivity index (χ4n) is 0.185. The van der Waals surface area contributed by atoms with E-state index in [1.165, 1.54) is 0 Å². The van der Waals surface area contributed by atoms with Crippen molar-refractivity contribution < 1.29 is 0 Å². The molecule has 0 heterocycles. The molecule has 0 aliphatic heterocycles. The lowest BCUT2D eigenvalue weighted by atomic mass is 10.3. The Labute approximate surface area is 38.9 Å². The summed E-state index contributed by atoms with van der Waals surface area (Å²) in [6.45, 7) is 3.50. The van der Waals surface area contributed by atoms with Crippen molar-refractivity contribution in [3.63, 3.8) is 0 Å². The number of rotatable bonds is 2. The molecule has 0 fully saturated rings. The van der Waals surface area contributed by atoms with Gasteiger partial charge in [0.1, 0.15) is 0 Å². The zero-order chi connectivity index (χ0) is 4.83. The maximum Gasteiger partial charge on any atom is 0.0120 e. The summed E-state index contributed by atoms with van der Waals surface area (Å²) < 4.78 is 0. The van der Waals surface area contributed by atoms with Crippen LogP contribution < -0.4 is 0 Å². The molecule has 32 valence electrons. The average Bonchev–Trinajstić information content (AvgIpc) is 1.61. The van der Waals surface area contributed by atoms with Gasteiger partial charge in [0, 0.05) is 6.42 Å². The minimum Gasteiger partial charge on any atom is -0.120 e. The van der Waals surface area contributed by atoms with E-state index in [4.69, 9.17) is 6.42 Å². The lowest BCUT2D eigenvalue weighted by molar-refractivity contribution is 1.09. The number of unbranched alkanes of at least 4 members (excludes halogenated alkanes) is 1. The number of hydrogen-bond acceptors (Lipinski definition) is 0. The summed E-state index contributed by atoms with van der Waals surface area (Å²) in [6.07, 6.45) is 8.50. The summed E-state index contributed by atoms with van der Waals surface area (Å²) >= 11 is 0. The Balaban J connectivity index is 2.72. The highest BCUT2D eigenvalue weighted by molar-refractivity contribution is 4.86. The molecule has 0 aromatic heterocycles. The van der Waals surface area contributed by atoms with E-state index in [0.717, 1.165) is 12.8 Å². The van der Waals surface area contributed by atoms with Crippen LogP contribution in [0.4, 0.5) is 0 Å². The molecule has 0 unspecified atom stereocenters. The molecule has 0 aromatic carbocycles. The largest absolute Gasteiger partial charge is 0.120 e. The highest BCUT2D eigenvalue weighted by atomic mass is 13.7. The predicted molar refractivity (Wildman–Crippen MR) is 28.3 cm³/mol. The van der Waals surface area contributed by atoms with Crippen LogP contribution in [0, 0.1) is 12.3 Å². The summed E-state index contributed by atoms with van der Waals surface area (Å²) in [5, 5.41) is 0. The summed E-state index contributed by atoms with van der Waals surface area (Å²) in [7, 11) is 0. The second kappa shape index (κ2) is 4.30. The Hall–Kier alpha value is -0.700. The molecule has 0 bridgehead atoms. The zero-order valence-corrected chi connectivity index (χ0v) is 3.78. The van der Waals surface area contributed by atoms with Crippen molar-refractivity contribution in [1.82, 2.24) is 0 Å². The van der Waals surface area contributed by atoms with Crippen LogP contribution in [-0.2, 0) is 0 Å². The lowest BCUT2D eigenvalue weighted by Gasteiger charge is -1.73. The van der Waals surface area contributed by atoms with E-state index in [1.807, 2.05) is 6.08 Å². The third-order valence-corrected chi connectivity index (χ3v) is 0.493. The highest BCUT2D eigenvalue weighted by Gasteiger charge is 1.66. The van der Waals surface area contributed by atoms with Crippen LogP contribution in [0.5, 0.6) is 0 Å². The molecule has 0 aromatic rings. The van der Waals surface area contributed by atoms with Crippen molar-refractivity contribution in [2.24, 2.45) is 0 Å². The first-order valence-electron chi connectivity index (χ1n) is 1.96. The molecule has 0 saturated heterocycles. The SMILES string of the molecule is C#CCCC=C. The summed E-state index contributed by atoms with van der Waals surface area (Å²) in [5.74, 6) is 2.50. The lowest BCUT2D eigenvalue weighted by Crippen LogP contribution is -1.57. The van der Waals surface area contributed by atoms with Crippen molar-refractivity contribution in [3.05, 3.63) is 12.7 Å². The number of terminal acetylenes is 1. The van der Waals surface area contributed by atoms with Gasteiger partial charge in [0.25, 0.3) is 0 Å². The molecule has 0 atom stereocenters. The fraction of sp³-hybridized carbons (Fsp3) is 0.333. The van der Waals surface area contributed by atoms with Gasteiger partial charge in [0.15, 0.2) is 0 Å². The van der Waals surface area contributed by atoms with Gasteiger partial charge in [-0.15, -0.1) is 18.9 Å². The second-order valence-corrected chi connectivity index (χ2v) is 1.03. The van der Waals surface area contributed by atoms with Crippen molar-refractivity contribution in [2.45, 2.75) is 12.8 Å². The molecular formula is C6H8. The summed E-state index contributed by atoms with van der Waals surface area (Å²) in [5.41, 5.74) is 0. The maximum absolute atomic E-state index is 4.92. The topological polar surface area (TPSA) is 0 Å². The van der Waals surface area contributed by atoms with E-state index >= 15 is 0 Å². The van der Waals surface area contributed by atoms with Gasteiger partial charge in [0.2, 0.25) is 0 Å². The quantitative estimate of drug-likeness (QED) is 0.268. The van der Waals surface area contributed by atoms with Gasteiger partial charge >= 0.3 is 0 Å². The first-order chi connectivity index (χ1) is 2.91. The third-order valence-electron chi connectivity index (χ3n) is 0.493. The van der Waals surface area contributed by atoms with Gasteiger partial charge in [-0.2, -0.15) is 0 Å². The van der Waals surface area contributed by atoms with Gasteiger partial charge in [-0.05, 0) is 6.42 Å². The third kappa shape index (κ3) is 3.30. The van der Waals surface area contributed by atoms with E-state index in [-0.39, 0.29) is 0 Å². The first-order valence-corrected chi connectivity index (χ1v) is 1.96. The Kier molecular flexibility index (Phi) is 3.80. The van der Waals surface area contributed by atoms with E-state index in [9.17, 15) is 0 Å². The number of hydrogen-bond donors (Lipinski definition) is 0. The van der Waals surface area contributed by atoms with Crippen molar-refractivity contribution in [3.8, 4) is 12.3 Å². The van der Waals surface area contributed by atoms with Crippen molar-refractivity contribution >= 4 is 0 Å². The Morgan fingerprint density at radius 2 is 2.50 bits per heavy atom. The van der Waals surface area contributed by atoms with Gasteiger partial charge in [-0.25, -0.2) is 0 Å². The van der Waals surface area contributed by atoms with E-state index < -0.39 is 0 Å². The van der Waals surface area contributed by atoms with Gasteiger partial charge < -0.3 is 0 Å². The molecule has 0 rings (SSSR count). The summed E-state index contributed by atoms with van der Waals surface area (Å²) in [4.78, 5) is 0. The van der Waals surface area contributed by atoms with E-state index in [1.54, 1.807) is 0 Å². The Morgan fingerprint density at radius 3 is 2.67 bits per heavy atom. The fourth-order valence-corrected chi connectivity index (χ4v) is 0.185.